The van der Waals surface area contributed by atoms with Gasteiger partial charge in [0.1, 0.15) is 10.7 Å². The number of nitrogens with one attached hydrogen (secondary N) is 1. The molecule has 0 aliphatic rings. The van der Waals surface area contributed by atoms with E-state index in [0.29, 0.717) is 5.69 Å². The zero-order chi connectivity index (χ0) is 9.52. The van der Waals surface area contributed by atoms with Crippen molar-refractivity contribution in [2.75, 3.05) is 13.6 Å². The SMILES string of the molecule is CNCCC=Cc1nc(C=O)cs1. The fourth-order valence-electron chi connectivity index (χ4n) is 0.843. The van der Waals surface area contributed by atoms with Crippen molar-refractivity contribution in [1.29, 1.82) is 0 Å². The number of nitrogens with zero attached hydrogens (tertiary/aromatic N) is 1. The number of aldehydes is 1. The third-order valence-electron chi connectivity index (χ3n) is 1.48. The quantitative estimate of drug-likeness (QED) is 0.574. The van der Waals surface area contributed by atoms with Gasteiger partial charge in [0, 0.05) is 5.38 Å². The molecule has 0 amide bonds. The van der Waals surface area contributed by atoms with Crippen LogP contribution in [0.1, 0.15) is 21.9 Å². The third kappa shape index (κ3) is 3.48. The summed E-state index contributed by atoms with van der Waals surface area (Å²) in [7, 11) is 1.92. The van der Waals surface area contributed by atoms with Gasteiger partial charge < -0.3 is 5.32 Å². The van der Waals surface area contributed by atoms with Gasteiger partial charge in [-0.1, -0.05) is 6.08 Å². The average molecular weight is 196 g/mol. The highest BCUT2D eigenvalue weighted by molar-refractivity contribution is 7.10. The number of aromatic nitrogens is 1. The Morgan fingerprint density at radius 2 is 2.54 bits per heavy atom. The average Bonchev–Trinajstić information content (AvgIpc) is 2.60. The largest absolute Gasteiger partial charge is 0.319 e. The van der Waals surface area contributed by atoms with Crippen LogP contribution < -0.4 is 5.32 Å². The highest BCUT2D eigenvalue weighted by Gasteiger charge is 1.95. The number of carbonyl (C=O) groups is 1. The van der Waals surface area contributed by atoms with Crippen molar-refractivity contribution < 1.29 is 4.79 Å². The Morgan fingerprint density at radius 3 is 3.15 bits per heavy atom. The molecule has 13 heavy (non-hydrogen) atoms. The van der Waals surface area contributed by atoms with Crippen molar-refractivity contribution in [3.63, 3.8) is 0 Å². The van der Waals surface area contributed by atoms with Crippen molar-refractivity contribution in [2.24, 2.45) is 0 Å². The summed E-state index contributed by atoms with van der Waals surface area (Å²) in [4.78, 5) is 14.4. The van der Waals surface area contributed by atoms with Gasteiger partial charge in [0.25, 0.3) is 0 Å². The lowest BCUT2D eigenvalue weighted by molar-refractivity contribution is 0.111. The Balaban J connectivity index is 2.44. The van der Waals surface area contributed by atoms with Crippen LogP contribution >= 0.6 is 11.3 Å². The van der Waals surface area contributed by atoms with Gasteiger partial charge in [0.2, 0.25) is 0 Å². The molecule has 0 bridgehead atoms. The zero-order valence-corrected chi connectivity index (χ0v) is 8.30. The van der Waals surface area contributed by atoms with Crippen LogP contribution in [0.2, 0.25) is 0 Å². The van der Waals surface area contributed by atoms with Crippen LogP contribution in [0.3, 0.4) is 0 Å². The maximum Gasteiger partial charge on any atom is 0.169 e. The Morgan fingerprint density at radius 1 is 1.69 bits per heavy atom. The van der Waals surface area contributed by atoms with Gasteiger partial charge in [-0.15, -0.1) is 11.3 Å². The van der Waals surface area contributed by atoms with E-state index in [1.54, 1.807) is 5.38 Å². The predicted molar refractivity (Wildman–Crippen MR) is 55.1 cm³/mol. The molecule has 0 saturated carbocycles. The van der Waals surface area contributed by atoms with Crippen LogP contribution in [0.15, 0.2) is 11.5 Å². The molecule has 0 atom stereocenters. The fourth-order valence-corrected chi connectivity index (χ4v) is 1.53. The number of thiazole rings is 1. The normalized spacial score (nSPS) is 10.8. The maximum atomic E-state index is 10.3. The molecule has 0 saturated heterocycles. The first-order valence-corrected chi connectivity index (χ1v) is 4.96. The second-order valence-electron chi connectivity index (χ2n) is 2.52. The molecule has 0 unspecified atom stereocenters. The molecule has 0 aromatic carbocycles. The van der Waals surface area contributed by atoms with Crippen LogP contribution in [0.4, 0.5) is 0 Å². The van der Waals surface area contributed by atoms with Crippen LogP contribution in [-0.4, -0.2) is 24.9 Å². The van der Waals surface area contributed by atoms with Gasteiger partial charge in [0.15, 0.2) is 6.29 Å². The van der Waals surface area contributed by atoms with Gasteiger partial charge in [0.05, 0.1) is 0 Å². The summed E-state index contributed by atoms with van der Waals surface area (Å²) in [6.07, 6.45) is 5.73. The minimum atomic E-state index is 0.512. The van der Waals surface area contributed by atoms with E-state index in [2.05, 4.69) is 10.3 Å². The molecule has 3 nitrogen and oxygen atoms in total. The summed E-state index contributed by atoms with van der Waals surface area (Å²) >= 11 is 1.48. The zero-order valence-electron chi connectivity index (χ0n) is 7.49. The van der Waals surface area contributed by atoms with E-state index in [-0.39, 0.29) is 0 Å². The molecule has 1 aromatic heterocycles. The summed E-state index contributed by atoms with van der Waals surface area (Å²) < 4.78 is 0. The molecule has 0 fully saturated rings. The first-order valence-electron chi connectivity index (χ1n) is 4.08. The topological polar surface area (TPSA) is 42.0 Å². The number of hydrogen-bond donors (Lipinski definition) is 1. The standard InChI is InChI=1S/C9H12N2OS/c1-10-5-3-2-4-9-11-8(6-12)7-13-9/h2,4,6-7,10H,3,5H2,1H3. The minimum absolute atomic E-state index is 0.512. The van der Waals surface area contributed by atoms with E-state index < -0.39 is 0 Å². The van der Waals surface area contributed by atoms with E-state index >= 15 is 0 Å². The minimum Gasteiger partial charge on any atom is -0.319 e. The molecule has 0 spiro atoms. The Bertz CT molecular complexity index is 294. The molecule has 1 N–H and O–H groups in total. The molecule has 1 rings (SSSR count). The Hall–Kier alpha value is -1.00. The Labute approximate surface area is 81.5 Å². The van der Waals surface area contributed by atoms with Gasteiger partial charge in [-0.2, -0.15) is 0 Å². The summed E-state index contributed by atoms with van der Waals surface area (Å²) in [6.45, 7) is 0.961. The Kier molecular flexibility index (Phi) is 4.35. The highest BCUT2D eigenvalue weighted by atomic mass is 32.1. The molecule has 1 aromatic rings. The van der Waals surface area contributed by atoms with Crippen molar-refractivity contribution in [3.8, 4) is 0 Å². The smallest absolute Gasteiger partial charge is 0.169 e. The van der Waals surface area contributed by atoms with Crippen LogP contribution in [-0.2, 0) is 0 Å². The van der Waals surface area contributed by atoms with Crippen molar-refractivity contribution >= 4 is 23.7 Å². The van der Waals surface area contributed by atoms with Gasteiger partial charge >= 0.3 is 0 Å². The first kappa shape index (κ1) is 10.1. The van der Waals surface area contributed by atoms with Gasteiger partial charge in [-0.05, 0) is 26.1 Å². The van der Waals surface area contributed by atoms with Crippen LogP contribution in [0.25, 0.3) is 6.08 Å². The molecule has 1 heterocycles. The third-order valence-corrected chi connectivity index (χ3v) is 2.31. The van der Waals surface area contributed by atoms with E-state index in [1.165, 1.54) is 11.3 Å². The molecule has 70 valence electrons. The van der Waals surface area contributed by atoms with Gasteiger partial charge in [-0.3, -0.25) is 4.79 Å². The van der Waals surface area contributed by atoms with E-state index in [1.807, 2.05) is 19.2 Å². The lowest BCUT2D eigenvalue weighted by atomic mass is 10.4. The second-order valence-corrected chi connectivity index (χ2v) is 3.41. The summed E-state index contributed by atoms with van der Waals surface area (Å²) in [6, 6.07) is 0. The molecule has 0 aliphatic carbocycles. The van der Waals surface area contributed by atoms with Gasteiger partial charge in [-0.25, -0.2) is 4.98 Å². The summed E-state index contributed by atoms with van der Waals surface area (Å²) in [5.74, 6) is 0. The monoisotopic (exact) mass is 196 g/mol. The molecule has 0 aliphatic heterocycles. The number of carbonyl (C=O) groups excluding carboxylic acids is 1. The van der Waals surface area contributed by atoms with Crippen LogP contribution in [0.5, 0.6) is 0 Å². The number of rotatable bonds is 5. The lowest BCUT2D eigenvalue weighted by Gasteiger charge is -1.89. The summed E-state index contributed by atoms with van der Waals surface area (Å²) in [5, 5.41) is 5.69. The first-order chi connectivity index (χ1) is 6.36. The van der Waals surface area contributed by atoms with Crippen molar-refractivity contribution in [1.82, 2.24) is 10.3 Å². The number of hydrogen-bond acceptors (Lipinski definition) is 4. The fraction of sp³-hybridized carbons (Fsp3) is 0.333. The van der Waals surface area contributed by atoms with E-state index in [9.17, 15) is 4.79 Å². The summed E-state index contributed by atoms with van der Waals surface area (Å²) in [5.41, 5.74) is 0.512. The predicted octanol–water partition coefficient (Wildman–Crippen LogP) is 1.58. The lowest BCUT2D eigenvalue weighted by Crippen LogP contribution is -2.05. The van der Waals surface area contributed by atoms with E-state index in [4.69, 9.17) is 0 Å². The molecular weight excluding hydrogens is 184 g/mol. The van der Waals surface area contributed by atoms with Crippen molar-refractivity contribution in [2.45, 2.75) is 6.42 Å². The maximum absolute atomic E-state index is 10.3. The second kappa shape index (κ2) is 5.61. The molecule has 0 radical (unpaired) electrons. The van der Waals surface area contributed by atoms with E-state index in [0.717, 1.165) is 24.3 Å². The van der Waals surface area contributed by atoms with Crippen molar-refractivity contribution in [3.05, 3.63) is 22.2 Å². The van der Waals surface area contributed by atoms with Crippen LogP contribution in [0, 0.1) is 0 Å². The molecule has 4 heteroatoms. The molecular formula is C9H12N2OS. The highest BCUT2D eigenvalue weighted by Crippen LogP contribution is 2.09.